The van der Waals surface area contributed by atoms with Gasteiger partial charge in [0.15, 0.2) is 0 Å². The molecular weight excluding hydrogens is 359 g/mol. The third-order valence-corrected chi connectivity index (χ3v) is 3.68. The molecule has 6 heteroatoms. The highest BCUT2D eigenvalue weighted by Gasteiger charge is 2.09. The molecule has 1 aromatic carbocycles. The average molecular weight is 386 g/mol. The molecular formula is C22H27FN2O3. The molecule has 0 fully saturated rings. The van der Waals surface area contributed by atoms with Gasteiger partial charge in [-0.25, -0.2) is 9.18 Å². The Hall–Kier alpha value is -3.15. The molecule has 0 saturated heterocycles. The maximum Gasteiger partial charge on any atom is 0.409 e. The van der Waals surface area contributed by atoms with Gasteiger partial charge in [0.1, 0.15) is 19.0 Å². The second kappa shape index (κ2) is 12.3. The normalized spacial score (nSPS) is 12.6. The fourth-order valence-corrected chi connectivity index (χ4v) is 2.35. The van der Waals surface area contributed by atoms with Crippen molar-refractivity contribution in [2.75, 3.05) is 19.8 Å². The Labute approximate surface area is 165 Å². The summed E-state index contributed by atoms with van der Waals surface area (Å²) in [5.41, 5.74) is 3.34. The van der Waals surface area contributed by atoms with Crippen molar-refractivity contribution in [2.45, 2.75) is 20.8 Å². The molecule has 0 atom stereocenters. The number of alkyl halides is 1. The van der Waals surface area contributed by atoms with E-state index in [9.17, 15) is 9.18 Å². The lowest BCUT2D eigenvalue weighted by Crippen LogP contribution is -2.22. The van der Waals surface area contributed by atoms with Crippen LogP contribution >= 0.6 is 0 Å². The van der Waals surface area contributed by atoms with Crippen LogP contribution in [0.25, 0.3) is 0 Å². The number of carboxylic acid groups (broad SMARTS) is 1. The summed E-state index contributed by atoms with van der Waals surface area (Å²) in [5, 5.41) is 11.1. The first-order chi connectivity index (χ1) is 13.4. The van der Waals surface area contributed by atoms with Gasteiger partial charge in [0, 0.05) is 23.4 Å². The van der Waals surface area contributed by atoms with Gasteiger partial charge in [-0.3, -0.25) is 10.3 Å². The molecule has 0 unspecified atom stereocenters. The number of allylic oxidation sites excluding steroid dienone is 5. The van der Waals surface area contributed by atoms with Crippen LogP contribution in [-0.4, -0.2) is 36.7 Å². The van der Waals surface area contributed by atoms with E-state index in [0.29, 0.717) is 23.6 Å². The van der Waals surface area contributed by atoms with E-state index in [1.807, 2.05) is 45.0 Å². The van der Waals surface area contributed by atoms with Gasteiger partial charge in [-0.1, -0.05) is 30.9 Å². The van der Waals surface area contributed by atoms with E-state index < -0.39 is 12.8 Å². The second-order valence-corrected chi connectivity index (χ2v) is 5.81. The van der Waals surface area contributed by atoms with Gasteiger partial charge < -0.3 is 9.84 Å². The molecule has 1 amide bonds. The van der Waals surface area contributed by atoms with Gasteiger partial charge in [-0.05, 0) is 50.6 Å². The van der Waals surface area contributed by atoms with Gasteiger partial charge in [0.05, 0.1) is 5.71 Å². The summed E-state index contributed by atoms with van der Waals surface area (Å²) in [7, 11) is 0. The minimum Gasteiger partial charge on any atom is -0.489 e. The largest absolute Gasteiger partial charge is 0.489 e. The molecule has 0 bridgehead atoms. The number of hydrogen-bond acceptors (Lipinski definition) is 3. The van der Waals surface area contributed by atoms with Crippen LogP contribution in [0.15, 0.2) is 71.4 Å². The van der Waals surface area contributed by atoms with Crippen molar-refractivity contribution in [3.05, 3.63) is 77.6 Å². The van der Waals surface area contributed by atoms with E-state index in [1.54, 1.807) is 18.2 Å². The molecule has 0 heterocycles. The van der Waals surface area contributed by atoms with Crippen molar-refractivity contribution >= 4 is 11.8 Å². The van der Waals surface area contributed by atoms with E-state index >= 15 is 0 Å². The summed E-state index contributed by atoms with van der Waals surface area (Å²) in [4.78, 5) is 15.2. The maximum atomic E-state index is 12.4. The van der Waals surface area contributed by atoms with Gasteiger partial charge in [-0.2, -0.15) is 0 Å². The van der Waals surface area contributed by atoms with Crippen LogP contribution in [0, 0.1) is 6.92 Å². The fraction of sp³-hybridized carbons (Fsp3) is 0.273. The summed E-state index contributed by atoms with van der Waals surface area (Å²) in [6.45, 7) is 9.63. The Morgan fingerprint density at radius 2 is 2.18 bits per heavy atom. The lowest BCUT2D eigenvalue weighted by molar-refractivity contribution is 0.197. The smallest absolute Gasteiger partial charge is 0.409 e. The number of nitrogens with one attached hydrogen (secondary N) is 1. The topological polar surface area (TPSA) is 70.9 Å². The highest BCUT2D eigenvalue weighted by Crippen LogP contribution is 2.21. The van der Waals surface area contributed by atoms with E-state index in [1.165, 1.54) is 6.08 Å². The van der Waals surface area contributed by atoms with Crippen molar-refractivity contribution in [1.29, 1.82) is 0 Å². The summed E-state index contributed by atoms with van der Waals surface area (Å²) in [6.07, 6.45) is 7.27. The number of carbonyl (C=O) groups is 1. The molecule has 0 aromatic heterocycles. The number of aliphatic imine (C=N–C) groups is 1. The minimum absolute atomic E-state index is 0.154. The van der Waals surface area contributed by atoms with E-state index in [0.717, 1.165) is 11.1 Å². The molecule has 28 heavy (non-hydrogen) atoms. The monoisotopic (exact) mass is 386 g/mol. The zero-order valence-corrected chi connectivity index (χ0v) is 16.5. The molecule has 1 rings (SSSR count). The third kappa shape index (κ3) is 7.61. The Balaban J connectivity index is 2.99. The van der Waals surface area contributed by atoms with Crippen LogP contribution in [0.3, 0.4) is 0 Å². The Kier molecular flexibility index (Phi) is 10.0. The highest BCUT2D eigenvalue weighted by atomic mass is 19.1. The first-order valence-electron chi connectivity index (χ1n) is 8.94. The van der Waals surface area contributed by atoms with Crippen molar-refractivity contribution in [1.82, 2.24) is 5.32 Å². The van der Waals surface area contributed by atoms with Crippen LogP contribution in [-0.2, 0) is 0 Å². The average Bonchev–Trinajstić information content (AvgIpc) is 2.65. The quantitative estimate of drug-likeness (QED) is 0.439. The summed E-state index contributed by atoms with van der Waals surface area (Å²) in [5.74, 6) is 0.656. The number of rotatable bonds is 10. The summed E-state index contributed by atoms with van der Waals surface area (Å²) >= 11 is 0. The molecule has 0 aliphatic heterocycles. The Morgan fingerprint density at radius 1 is 1.43 bits per heavy atom. The van der Waals surface area contributed by atoms with E-state index in [2.05, 4.69) is 16.9 Å². The van der Waals surface area contributed by atoms with Crippen LogP contribution < -0.4 is 10.1 Å². The third-order valence-electron chi connectivity index (χ3n) is 3.68. The van der Waals surface area contributed by atoms with Gasteiger partial charge in [0.25, 0.3) is 0 Å². The van der Waals surface area contributed by atoms with Crippen LogP contribution in [0.4, 0.5) is 9.18 Å². The van der Waals surface area contributed by atoms with Crippen LogP contribution in [0.5, 0.6) is 5.75 Å². The lowest BCUT2D eigenvalue weighted by Gasteiger charge is -2.14. The minimum atomic E-state index is -1.18. The molecule has 0 aliphatic carbocycles. The first-order valence-corrected chi connectivity index (χ1v) is 8.94. The summed E-state index contributed by atoms with van der Waals surface area (Å²) < 4.78 is 18.3. The van der Waals surface area contributed by atoms with Crippen molar-refractivity contribution < 1.29 is 19.0 Å². The van der Waals surface area contributed by atoms with Crippen LogP contribution in [0.2, 0.25) is 0 Å². The molecule has 1 aromatic rings. The maximum absolute atomic E-state index is 12.4. The number of hydrogen-bond donors (Lipinski definition) is 2. The first kappa shape index (κ1) is 22.9. The van der Waals surface area contributed by atoms with Crippen molar-refractivity contribution in [3.8, 4) is 5.75 Å². The SMILES string of the molecule is C=C(NC(=O)O)/C(=C\C=C/C)COc1ccc(C(/C=C\CF)=NCC)cc1C. The van der Waals surface area contributed by atoms with Gasteiger partial charge >= 0.3 is 6.09 Å². The number of ether oxygens (including phenoxy) is 1. The molecule has 0 spiro atoms. The zero-order valence-electron chi connectivity index (χ0n) is 16.5. The van der Waals surface area contributed by atoms with Gasteiger partial charge in [-0.15, -0.1) is 0 Å². The predicted octanol–water partition coefficient (Wildman–Crippen LogP) is 4.99. The molecule has 2 N–H and O–H groups in total. The lowest BCUT2D eigenvalue weighted by atomic mass is 10.1. The highest BCUT2D eigenvalue weighted by molar-refractivity contribution is 6.08. The van der Waals surface area contributed by atoms with Crippen molar-refractivity contribution in [2.24, 2.45) is 4.99 Å². The molecule has 5 nitrogen and oxygen atoms in total. The van der Waals surface area contributed by atoms with Gasteiger partial charge in [0.2, 0.25) is 0 Å². The fourth-order valence-electron chi connectivity index (χ4n) is 2.35. The molecule has 150 valence electrons. The van der Waals surface area contributed by atoms with E-state index in [-0.39, 0.29) is 12.3 Å². The number of aryl methyl sites for hydroxylation is 1. The summed E-state index contributed by atoms with van der Waals surface area (Å²) in [6, 6.07) is 5.60. The number of benzene rings is 1. The van der Waals surface area contributed by atoms with E-state index in [4.69, 9.17) is 9.84 Å². The standard InChI is InChI=1S/C22H27FN2O3/c1-5-7-9-19(17(4)25-22(26)27)15-28-21-12-11-18(14-16(21)3)20(24-6-2)10-8-13-23/h5,7-12,14,25H,4,6,13,15H2,1-3H3,(H,26,27)/b7-5-,10-8-,19-9-,24-20?. The number of nitrogens with zero attached hydrogens (tertiary/aromatic N) is 1. The second-order valence-electron chi connectivity index (χ2n) is 5.81. The van der Waals surface area contributed by atoms with Crippen molar-refractivity contribution in [3.63, 3.8) is 0 Å². The predicted molar refractivity (Wildman–Crippen MR) is 112 cm³/mol. The molecule has 0 saturated carbocycles. The zero-order chi connectivity index (χ0) is 20.9. The van der Waals surface area contributed by atoms with Crippen LogP contribution in [0.1, 0.15) is 25.0 Å². The number of halogens is 1. The molecule has 0 aliphatic rings. The number of amides is 1. The Bertz CT molecular complexity index is 808. The molecule has 0 radical (unpaired) electrons. The Morgan fingerprint density at radius 3 is 2.75 bits per heavy atom.